The van der Waals surface area contributed by atoms with E-state index in [9.17, 15) is 18.0 Å². The Hall–Kier alpha value is -2.37. The zero-order valence-electron chi connectivity index (χ0n) is 13.1. The van der Waals surface area contributed by atoms with Crippen LogP contribution in [-0.2, 0) is 17.5 Å². The SMILES string of the molecule is Cc1ccc(CNC(=O)[C@@H]2C[C@@H]2c2cccc(C(F)(F)F)c2)cn1. The summed E-state index contributed by atoms with van der Waals surface area (Å²) in [7, 11) is 0. The van der Waals surface area contributed by atoms with Gasteiger partial charge in [-0.3, -0.25) is 9.78 Å². The topological polar surface area (TPSA) is 42.0 Å². The number of aromatic nitrogens is 1. The number of rotatable bonds is 4. The maximum Gasteiger partial charge on any atom is 0.416 e. The molecule has 2 aromatic rings. The number of hydrogen-bond acceptors (Lipinski definition) is 2. The lowest BCUT2D eigenvalue weighted by Gasteiger charge is -2.09. The lowest BCUT2D eigenvalue weighted by molar-refractivity contribution is -0.137. The first-order valence-electron chi connectivity index (χ1n) is 7.71. The van der Waals surface area contributed by atoms with E-state index >= 15 is 0 Å². The van der Waals surface area contributed by atoms with Crippen LogP contribution < -0.4 is 5.32 Å². The predicted molar refractivity (Wildman–Crippen MR) is 83.1 cm³/mol. The third-order valence-corrected chi connectivity index (χ3v) is 4.21. The molecule has 1 heterocycles. The normalized spacial score (nSPS) is 19.8. The van der Waals surface area contributed by atoms with Gasteiger partial charge in [-0.05, 0) is 42.5 Å². The van der Waals surface area contributed by atoms with Gasteiger partial charge in [0, 0.05) is 24.4 Å². The maximum absolute atomic E-state index is 12.8. The van der Waals surface area contributed by atoms with E-state index in [0.29, 0.717) is 18.5 Å². The van der Waals surface area contributed by atoms with E-state index in [1.807, 2.05) is 19.1 Å². The smallest absolute Gasteiger partial charge is 0.352 e. The highest BCUT2D eigenvalue weighted by Crippen LogP contribution is 2.48. The van der Waals surface area contributed by atoms with Gasteiger partial charge in [0.05, 0.1) is 5.56 Å². The number of carbonyl (C=O) groups excluding carboxylic acids is 1. The highest BCUT2D eigenvalue weighted by Gasteiger charge is 2.44. The summed E-state index contributed by atoms with van der Waals surface area (Å²) >= 11 is 0. The molecule has 3 nitrogen and oxygen atoms in total. The number of carbonyl (C=O) groups is 1. The van der Waals surface area contributed by atoms with Gasteiger partial charge >= 0.3 is 6.18 Å². The predicted octanol–water partition coefficient (Wildman–Crippen LogP) is 3.83. The first-order valence-corrected chi connectivity index (χ1v) is 7.71. The van der Waals surface area contributed by atoms with Gasteiger partial charge < -0.3 is 5.32 Å². The summed E-state index contributed by atoms with van der Waals surface area (Å²) in [5, 5.41) is 2.82. The van der Waals surface area contributed by atoms with Gasteiger partial charge in [-0.25, -0.2) is 0 Å². The Labute approximate surface area is 137 Å². The third-order valence-electron chi connectivity index (χ3n) is 4.21. The molecule has 3 rings (SSSR count). The molecular weight excluding hydrogens is 317 g/mol. The van der Waals surface area contributed by atoms with E-state index in [0.717, 1.165) is 23.4 Å². The molecular formula is C18H17F3N2O. The highest BCUT2D eigenvalue weighted by atomic mass is 19.4. The second kappa shape index (κ2) is 6.26. The first kappa shape index (κ1) is 16.5. The van der Waals surface area contributed by atoms with Crippen LogP contribution in [0.2, 0.25) is 0 Å². The molecule has 2 atom stereocenters. The number of aryl methyl sites for hydroxylation is 1. The van der Waals surface area contributed by atoms with Crippen molar-refractivity contribution in [2.24, 2.45) is 5.92 Å². The van der Waals surface area contributed by atoms with Gasteiger partial charge in [-0.1, -0.05) is 24.3 Å². The lowest BCUT2D eigenvalue weighted by atomic mass is 10.1. The second-order valence-corrected chi connectivity index (χ2v) is 6.10. The van der Waals surface area contributed by atoms with Crippen LogP contribution >= 0.6 is 0 Å². The van der Waals surface area contributed by atoms with Crippen LogP contribution in [0.15, 0.2) is 42.6 Å². The minimum Gasteiger partial charge on any atom is -0.352 e. The molecule has 1 N–H and O–H groups in total. The lowest BCUT2D eigenvalue weighted by Crippen LogP contribution is -2.25. The number of benzene rings is 1. The van der Waals surface area contributed by atoms with E-state index in [1.54, 1.807) is 12.3 Å². The summed E-state index contributed by atoms with van der Waals surface area (Å²) in [6.45, 7) is 2.25. The van der Waals surface area contributed by atoms with Gasteiger partial charge in [0.25, 0.3) is 0 Å². The Morgan fingerprint density at radius 3 is 2.75 bits per heavy atom. The molecule has 1 amide bonds. The molecule has 0 spiro atoms. The fourth-order valence-electron chi connectivity index (χ4n) is 2.72. The molecule has 1 fully saturated rings. The van der Waals surface area contributed by atoms with E-state index in [-0.39, 0.29) is 17.7 Å². The number of pyridine rings is 1. The molecule has 1 aromatic heterocycles. The molecule has 0 unspecified atom stereocenters. The summed E-state index contributed by atoms with van der Waals surface area (Å²) in [4.78, 5) is 16.3. The Morgan fingerprint density at radius 2 is 2.08 bits per heavy atom. The number of halogens is 3. The Bertz CT molecular complexity index is 741. The van der Waals surface area contributed by atoms with Gasteiger partial charge in [0.1, 0.15) is 0 Å². The summed E-state index contributed by atoms with van der Waals surface area (Å²) in [6.07, 6.45) is -2.08. The second-order valence-electron chi connectivity index (χ2n) is 6.10. The van der Waals surface area contributed by atoms with E-state index in [2.05, 4.69) is 10.3 Å². The Morgan fingerprint density at radius 1 is 1.29 bits per heavy atom. The molecule has 1 saturated carbocycles. The van der Waals surface area contributed by atoms with Crippen molar-refractivity contribution in [3.05, 3.63) is 65.0 Å². The zero-order valence-corrected chi connectivity index (χ0v) is 13.1. The summed E-state index contributed by atoms with van der Waals surface area (Å²) < 4.78 is 38.3. The van der Waals surface area contributed by atoms with E-state index in [4.69, 9.17) is 0 Å². The van der Waals surface area contributed by atoms with Crippen molar-refractivity contribution in [2.75, 3.05) is 0 Å². The molecule has 0 radical (unpaired) electrons. The molecule has 24 heavy (non-hydrogen) atoms. The van der Waals surface area contributed by atoms with Crippen molar-refractivity contribution in [1.29, 1.82) is 0 Å². The van der Waals surface area contributed by atoms with Crippen molar-refractivity contribution in [3.63, 3.8) is 0 Å². The van der Waals surface area contributed by atoms with Crippen LogP contribution in [0.3, 0.4) is 0 Å². The van der Waals surface area contributed by atoms with Crippen LogP contribution in [-0.4, -0.2) is 10.9 Å². The molecule has 1 aromatic carbocycles. The van der Waals surface area contributed by atoms with Crippen molar-refractivity contribution in [3.8, 4) is 0 Å². The van der Waals surface area contributed by atoms with Crippen molar-refractivity contribution in [1.82, 2.24) is 10.3 Å². The minimum absolute atomic E-state index is 0.127. The fraction of sp³-hybridized carbons (Fsp3) is 0.333. The number of alkyl halides is 3. The van der Waals surface area contributed by atoms with Crippen molar-refractivity contribution < 1.29 is 18.0 Å². The maximum atomic E-state index is 12.8. The minimum atomic E-state index is -4.36. The third kappa shape index (κ3) is 3.75. The number of hydrogen-bond donors (Lipinski definition) is 1. The highest BCUT2D eigenvalue weighted by molar-refractivity contribution is 5.82. The van der Waals surface area contributed by atoms with E-state index < -0.39 is 11.7 Å². The van der Waals surface area contributed by atoms with Gasteiger partial charge in [-0.15, -0.1) is 0 Å². The standard InChI is InChI=1S/C18H17F3N2O/c1-11-5-6-12(9-22-11)10-23-17(24)16-8-15(16)13-3-2-4-14(7-13)18(19,20)21/h2-7,9,15-16H,8,10H2,1H3,(H,23,24)/t15-,16-/m1/s1. The molecule has 0 aliphatic heterocycles. The average Bonchev–Trinajstić information content (AvgIpc) is 3.34. The van der Waals surface area contributed by atoms with Gasteiger partial charge in [0.15, 0.2) is 0 Å². The largest absolute Gasteiger partial charge is 0.416 e. The number of amides is 1. The van der Waals surface area contributed by atoms with Gasteiger partial charge in [0.2, 0.25) is 5.91 Å². The molecule has 6 heteroatoms. The zero-order chi connectivity index (χ0) is 17.3. The molecule has 0 bridgehead atoms. The summed E-state index contributed by atoms with van der Waals surface area (Å²) in [5.74, 6) is -0.520. The monoisotopic (exact) mass is 334 g/mol. The van der Waals surface area contributed by atoms with Crippen LogP contribution in [0, 0.1) is 12.8 Å². The molecule has 1 aliphatic carbocycles. The van der Waals surface area contributed by atoms with Crippen LogP contribution in [0.4, 0.5) is 13.2 Å². The summed E-state index contributed by atoms with van der Waals surface area (Å²) in [6, 6.07) is 8.98. The van der Waals surface area contributed by atoms with Crippen LogP contribution in [0.1, 0.15) is 34.7 Å². The van der Waals surface area contributed by atoms with Crippen LogP contribution in [0.25, 0.3) is 0 Å². The van der Waals surface area contributed by atoms with Gasteiger partial charge in [-0.2, -0.15) is 13.2 Å². The molecule has 126 valence electrons. The van der Waals surface area contributed by atoms with Crippen LogP contribution in [0.5, 0.6) is 0 Å². The molecule has 0 saturated heterocycles. The Kier molecular flexibility index (Phi) is 4.30. The number of nitrogens with zero attached hydrogens (tertiary/aromatic N) is 1. The van der Waals surface area contributed by atoms with E-state index in [1.165, 1.54) is 6.07 Å². The quantitative estimate of drug-likeness (QED) is 0.923. The summed E-state index contributed by atoms with van der Waals surface area (Å²) in [5.41, 5.74) is 1.70. The first-order chi connectivity index (χ1) is 11.3. The average molecular weight is 334 g/mol. The van der Waals surface area contributed by atoms with Crippen molar-refractivity contribution >= 4 is 5.91 Å². The number of nitrogens with one attached hydrogen (secondary N) is 1. The van der Waals surface area contributed by atoms with Crippen molar-refractivity contribution in [2.45, 2.75) is 32.0 Å². The fourth-order valence-corrected chi connectivity index (χ4v) is 2.72. The molecule has 1 aliphatic rings. The Balaban J connectivity index is 1.58.